The second-order valence-corrected chi connectivity index (χ2v) is 9.90. The molecule has 2 aromatic carbocycles. The van der Waals surface area contributed by atoms with Gasteiger partial charge in [0.25, 0.3) is 5.91 Å². The van der Waals surface area contributed by atoms with Crippen molar-refractivity contribution in [1.29, 1.82) is 0 Å². The van der Waals surface area contributed by atoms with Crippen molar-refractivity contribution in [1.82, 2.24) is 19.6 Å². The Bertz CT molecular complexity index is 1260. The zero-order chi connectivity index (χ0) is 25.5. The first-order valence-corrected chi connectivity index (χ1v) is 12.9. The molecular weight excluding hydrogens is 468 g/mol. The second-order valence-electron chi connectivity index (χ2n) is 9.90. The van der Waals surface area contributed by atoms with Crippen molar-refractivity contribution < 1.29 is 14.3 Å². The Kier molecular flexibility index (Phi) is 6.08. The van der Waals surface area contributed by atoms with Crippen LogP contribution in [0.15, 0.2) is 65.8 Å². The number of aliphatic imine (C=N–C) groups is 1. The molecule has 0 bridgehead atoms. The van der Waals surface area contributed by atoms with Crippen LogP contribution < -0.4 is 9.64 Å². The number of piperidine rings is 1. The van der Waals surface area contributed by atoms with Crippen molar-refractivity contribution in [2.75, 3.05) is 45.2 Å². The van der Waals surface area contributed by atoms with E-state index in [0.29, 0.717) is 19.0 Å². The number of anilines is 1. The number of nitrogens with zero attached hydrogens (tertiary/aromatic N) is 6. The molecule has 4 aliphatic heterocycles. The van der Waals surface area contributed by atoms with Crippen molar-refractivity contribution in [3.05, 3.63) is 66.4 Å². The molecule has 2 fully saturated rings. The van der Waals surface area contributed by atoms with Crippen LogP contribution in [0.3, 0.4) is 0 Å². The van der Waals surface area contributed by atoms with E-state index in [1.54, 1.807) is 19.1 Å². The number of fused-ring (bicyclic) bond motifs is 3. The van der Waals surface area contributed by atoms with Crippen molar-refractivity contribution in [3.63, 3.8) is 0 Å². The summed E-state index contributed by atoms with van der Waals surface area (Å²) in [7, 11) is 3.38. The molecule has 4 aliphatic rings. The zero-order valence-electron chi connectivity index (χ0n) is 21.3. The fraction of sp³-hybridized carbons (Fsp3) is 0.393. The molecule has 2 atom stereocenters. The number of benzene rings is 2. The average molecular weight is 501 g/mol. The molecule has 9 heteroatoms. The van der Waals surface area contributed by atoms with Gasteiger partial charge in [-0.05, 0) is 38.1 Å². The van der Waals surface area contributed by atoms with E-state index in [-0.39, 0.29) is 11.9 Å². The van der Waals surface area contributed by atoms with Crippen molar-refractivity contribution in [2.24, 2.45) is 4.99 Å². The first-order valence-electron chi connectivity index (χ1n) is 12.9. The molecule has 192 valence electrons. The molecule has 3 amide bonds. The first-order chi connectivity index (χ1) is 18.1. The molecule has 2 aromatic rings. The summed E-state index contributed by atoms with van der Waals surface area (Å²) in [5, 5.41) is 0. The third kappa shape index (κ3) is 4.03. The summed E-state index contributed by atoms with van der Waals surface area (Å²) in [5.41, 5.74) is 2.80. The molecule has 0 radical (unpaired) electrons. The highest BCUT2D eigenvalue weighted by atomic mass is 16.5. The number of imide groups is 1. The molecule has 9 nitrogen and oxygen atoms in total. The summed E-state index contributed by atoms with van der Waals surface area (Å²) in [6.45, 7) is 3.15. The molecule has 2 saturated heterocycles. The summed E-state index contributed by atoms with van der Waals surface area (Å²) in [5.74, 6) is 1.17. The average Bonchev–Trinajstić information content (AvgIpc) is 3.49. The highest BCUT2D eigenvalue weighted by molar-refractivity contribution is 6.16. The van der Waals surface area contributed by atoms with Gasteiger partial charge in [-0.25, -0.2) is 9.79 Å². The van der Waals surface area contributed by atoms with Crippen LogP contribution in [-0.2, 0) is 4.79 Å². The van der Waals surface area contributed by atoms with E-state index in [2.05, 4.69) is 4.90 Å². The van der Waals surface area contributed by atoms with Crippen LogP contribution in [0.4, 0.5) is 10.5 Å². The summed E-state index contributed by atoms with van der Waals surface area (Å²) in [6.07, 6.45) is 5.00. The minimum Gasteiger partial charge on any atom is -0.497 e. The van der Waals surface area contributed by atoms with Gasteiger partial charge in [-0.3, -0.25) is 19.5 Å². The molecule has 0 aliphatic carbocycles. The third-order valence-corrected chi connectivity index (χ3v) is 7.68. The molecule has 0 spiro atoms. The molecule has 0 aromatic heterocycles. The highest BCUT2D eigenvalue weighted by Gasteiger charge is 2.54. The number of amides is 3. The molecule has 6 rings (SSSR count). The standard InChI is InChI=1S/C28H32N6O3/c1-30-25-24(26(35)32(28(30)36)17-16-31-14-7-4-8-15-31)33-19-23(20-10-5-3-6-11-20)34(27(33)29-25)21-12-9-13-22(18-21)37-2/h3,5-6,9-13,18-19,24-25H,4,7-8,14-17H2,1-2H3. The monoisotopic (exact) mass is 500 g/mol. The minimum atomic E-state index is -0.603. The minimum absolute atomic E-state index is 0.194. The maximum absolute atomic E-state index is 13.8. The number of urea groups is 1. The van der Waals surface area contributed by atoms with Crippen molar-refractivity contribution in [2.45, 2.75) is 31.5 Å². The van der Waals surface area contributed by atoms with Crippen LogP contribution in [0, 0.1) is 0 Å². The number of methoxy groups -OCH3 is 1. The summed E-state index contributed by atoms with van der Waals surface area (Å²) in [6, 6.07) is 17.0. The number of carbonyl (C=O) groups excluding carboxylic acids is 2. The van der Waals surface area contributed by atoms with Gasteiger partial charge in [0.1, 0.15) is 5.75 Å². The third-order valence-electron chi connectivity index (χ3n) is 7.68. The Morgan fingerprint density at radius 2 is 1.76 bits per heavy atom. The van der Waals surface area contributed by atoms with E-state index in [0.717, 1.165) is 35.8 Å². The number of hydrogen-bond donors (Lipinski definition) is 0. The maximum atomic E-state index is 13.8. The van der Waals surface area contributed by atoms with E-state index >= 15 is 0 Å². The summed E-state index contributed by atoms with van der Waals surface area (Å²) in [4.78, 5) is 41.4. The normalized spacial score (nSPS) is 23.7. The smallest absolute Gasteiger partial charge is 0.328 e. The van der Waals surface area contributed by atoms with Gasteiger partial charge in [0.2, 0.25) is 5.96 Å². The number of likely N-dealkylation sites (tertiary alicyclic amines) is 1. The van der Waals surface area contributed by atoms with Gasteiger partial charge in [-0.15, -0.1) is 0 Å². The Labute approximate surface area is 217 Å². The van der Waals surface area contributed by atoms with E-state index in [1.165, 1.54) is 24.2 Å². The van der Waals surface area contributed by atoms with Crippen LogP contribution in [0.25, 0.3) is 5.70 Å². The number of carbonyl (C=O) groups is 2. The second kappa shape index (κ2) is 9.55. The Morgan fingerprint density at radius 3 is 2.51 bits per heavy atom. The Hall–Kier alpha value is -3.85. The Morgan fingerprint density at radius 1 is 0.973 bits per heavy atom. The van der Waals surface area contributed by atoms with Crippen LogP contribution in [0.5, 0.6) is 5.75 Å². The van der Waals surface area contributed by atoms with Crippen molar-refractivity contribution in [3.8, 4) is 5.75 Å². The van der Waals surface area contributed by atoms with E-state index in [1.807, 2.05) is 70.6 Å². The van der Waals surface area contributed by atoms with Gasteiger partial charge in [-0.2, -0.15) is 0 Å². The van der Waals surface area contributed by atoms with Gasteiger partial charge < -0.3 is 14.5 Å². The van der Waals surface area contributed by atoms with Crippen molar-refractivity contribution >= 4 is 29.3 Å². The molecule has 0 saturated carbocycles. The highest BCUT2D eigenvalue weighted by Crippen LogP contribution is 2.40. The molecule has 4 heterocycles. The number of ether oxygens (including phenoxy) is 1. The number of rotatable bonds is 6. The number of guanidine groups is 1. The van der Waals surface area contributed by atoms with Gasteiger partial charge >= 0.3 is 6.03 Å². The van der Waals surface area contributed by atoms with Gasteiger partial charge in [-0.1, -0.05) is 42.8 Å². The lowest BCUT2D eigenvalue weighted by atomic mass is 10.1. The lowest BCUT2D eigenvalue weighted by Gasteiger charge is -2.40. The maximum Gasteiger partial charge on any atom is 0.328 e. The van der Waals surface area contributed by atoms with Crippen LogP contribution in [0.2, 0.25) is 0 Å². The summed E-state index contributed by atoms with van der Waals surface area (Å²) >= 11 is 0. The van der Waals surface area contributed by atoms with E-state index in [4.69, 9.17) is 9.73 Å². The summed E-state index contributed by atoms with van der Waals surface area (Å²) < 4.78 is 5.48. The first kappa shape index (κ1) is 23.5. The fourth-order valence-corrected chi connectivity index (χ4v) is 5.68. The SMILES string of the molecule is COc1cccc(N2C(c3ccccc3)=CN3C2=NC2C3C(=O)N(CCN3CCCCC3)C(=O)N2C)c1. The van der Waals surface area contributed by atoms with Gasteiger partial charge in [0, 0.05) is 38.0 Å². The van der Waals surface area contributed by atoms with Gasteiger partial charge in [0.05, 0.1) is 18.5 Å². The lowest BCUT2D eigenvalue weighted by molar-refractivity contribution is -0.136. The molecule has 2 unspecified atom stereocenters. The largest absolute Gasteiger partial charge is 0.497 e. The number of likely N-dealkylation sites (N-methyl/N-ethyl adjacent to an activating group) is 1. The lowest BCUT2D eigenvalue weighted by Crippen LogP contribution is -2.65. The predicted octanol–water partition coefficient (Wildman–Crippen LogP) is 3.26. The molecule has 37 heavy (non-hydrogen) atoms. The van der Waals surface area contributed by atoms with Crippen LogP contribution in [-0.4, -0.2) is 90.0 Å². The number of hydrogen-bond acceptors (Lipinski definition) is 7. The predicted molar refractivity (Wildman–Crippen MR) is 142 cm³/mol. The fourth-order valence-electron chi connectivity index (χ4n) is 5.68. The zero-order valence-corrected chi connectivity index (χ0v) is 21.3. The topological polar surface area (TPSA) is 71.9 Å². The van der Waals surface area contributed by atoms with E-state index in [9.17, 15) is 9.59 Å². The molecular formula is C28H32N6O3. The van der Waals surface area contributed by atoms with Crippen LogP contribution >= 0.6 is 0 Å². The Balaban J connectivity index is 1.34. The van der Waals surface area contributed by atoms with E-state index < -0.39 is 12.2 Å². The quantitative estimate of drug-likeness (QED) is 0.607. The van der Waals surface area contributed by atoms with Crippen LogP contribution in [0.1, 0.15) is 24.8 Å². The van der Waals surface area contributed by atoms with Gasteiger partial charge in [0.15, 0.2) is 12.2 Å². The molecule has 0 N–H and O–H groups in total.